The molecular weight excluding hydrogens is 442 g/mol. The zero-order valence-corrected chi connectivity index (χ0v) is 19.4. The predicted molar refractivity (Wildman–Crippen MR) is 137 cm³/mol. The van der Waals surface area contributed by atoms with Crippen molar-refractivity contribution >= 4 is 29.3 Å². The number of benzene rings is 3. The number of nitrogens with zero attached hydrogens (tertiary/aromatic N) is 1. The molecule has 2 amide bonds. The largest absolute Gasteiger partial charge is 0.340 e. The summed E-state index contributed by atoms with van der Waals surface area (Å²) in [4.78, 5) is 30.9. The molecule has 0 fully saturated rings. The van der Waals surface area contributed by atoms with E-state index < -0.39 is 6.04 Å². The van der Waals surface area contributed by atoms with Gasteiger partial charge in [-0.1, -0.05) is 60.7 Å². The van der Waals surface area contributed by atoms with Crippen LogP contribution in [0.25, 0.3) is 0 Å². The first kappa shape index (κ1) is 23.3. The van der Waals surface area contributed by atoms with Crippen molar-refractivity contribution in [3.05, 3.63) is 126 Å². The third kappa shape index (κ3) is 6.80. The monoisotopic (exact) mass is 467 g/mol. The molecule has 0 aliphatic rings. The maximum atomic E-state index is 13.1. The summed E-state index contributed by atoms with van der Waals surface area (Å²) in [5.74, 6) is 0.272. The molecule has 0 aliphatic heterocycles. The van der Waals surface area contributed by atoms with Crippen LogP contribution in [0.1, 0.15) is 21.5 Å². The summed E-state index contributed by atoms with van der Waals surface area (Å²) in [6.07, 6.45) is 3.47. The number of amides is 2. The number of rotatable bonds is 9. The average Bonchev–Trinajstić information content (AvgIpc) is 2.89. The average molecular weight is 468 g/mol. The van der Waals surface area contributed by atoms with E-state index in [0.29, 0.717) is 17.7 Å². The van der Waals surface area contributed by atoms with Crippen molar-refractivity contribution in [3.8, 4) is 0 Å². The quantitative estimate of drug-likeness (QED) is 0.325. The molecule has 5 nitrogen and oxygen atoms in total. The van der Waals surface area contributed by atoms with Crippen LogP contribution in [-0.2, 0) is 17.0 Å². The van der Waals surface area contributed by atoms with Gasteiger partial charge in [-0.15, -0.1) is 11.8 Å². The molecule has 2 N–H and O–H groups in total. The highest BCUT2D eigenvalue weighted by molar-refractivity contribution is 7.98. The standard InChI is InChI=1S/C28H25N3O2S/c32-27(23-12-7-17-29-19-23)31-26(18-21-8-3-1-4-9-21)28(33)30-24-13-15-25(16-14-24)34-20-22-10-5-2-6-11-22/h1-17,19,26H,18,20H2,(H,30,33)(H,31,32)/t26-/m0/s1. The second-order valence-corrected chi connectivity index (χ2v) is 8.79. The van der Waals surface area contributed by atoms with Crippen LogP contribution >= 0.6 is 11.8 Å². The Hall–Kier alpha value is -3.90. The molecular formula is C28H25N3O2S. The Morgan fingerprint density at radius 3 is 2.12 bits per heavy atom. The first-order valence-electron chi connectivity index (χ1n) is 11.0. The van der Waals surface area contributed by atoms with Crippen molar-refractivity contribution in [3.63, 3.8) is 0 Å². The normalized spacial score (nSPS) is 11.4. The molecule has 34 heavy (non-hydrogen) atoms. The van der Waals surface area contributed by atoms with Gasteiger partial charge in [0.05, 0.1) is 5.56 Å². The van der Waals surface area contributed by atoms with E-state index in [1.54, 1.807) is 30.1 Å². The third-order valence-corrected chi connectivity index (χ3v) is 6.28. The van der Waals surface area contributed by atoms with Gasteiger partial charge in [0.1, 0.15) is 6.04 Å². The van der Waals surface area contributed by atoms with Crippen LogP contribution in [0, 0.1) is 0 Å². The van der Waals surface area contributed by atoms with Crippen LogP contribution in [0.5, 0.6) is 0 Å². The summed E-state index contributed by atoms with van der Waals surface area (Å²) in [6, 6.07) is 30.3. The molecule has 1 heterocycles. The minimum Gasteiger partial charge on any atom is -0.340 e. The van der Waals surface area contributed by atoms with Crippen molar-refractivity contribution in [2.24, 2.45) is 0 Å². The van der Waals surface area contributed by atoms with Gasteiger partial charge in [0.25, 0.3) is 5.91 Å². The first-order chi connectivity index (χ1) is 16.7. The first-order valence-corrected chi connectivity index (χ1v) is 12.0. The van der Waals surface area contributed by atoms with E-state index >= 15 is 0 Å². The van der Waals surface area contributed by atoms with E-state index in [9.17, 15) is 9.59 Å². The fourth-order valence-corrected chi connectivity index (χ4v) is 4.26. The van der Waals surface area contributed by atoms with Crippen molar-refractivity contribution < 1.29 is 9.59 Å². The lowest BCUT2D eigenvalue weighted by Crippen LogP contribution is -2.45. The molecule has 4 aromatic rings. The minimum absolute atomic E-state index is 0.272. The third-order valence-electron chi connectivity index (χ3n) is 5.20. The van der Waals surface area contributed by atoms with Crippen LogP contribution < -0.4 is 10.6 Å². The Morgan fingerprint density at radius 2 is 1.47 bits per heavy atom. The number of thioether (sulfide) groups is 1. The number of aromatic nitrogens is 1. The maximum absolute atomic E-state index is 13.1. The summed E-state index contributed by atoms with van der Waals surface area (Å²) in [5, 5.41) is 5.80. The second kappa shape index (κ2) is 11.8. The zero-order chi connectivity index (χ0) is 23.6. The van der Waals surface area contributed by atoms with Crippen LogP contribution in [0.15, 0.2) is 114 Å². The molecule has 6 heteroatoms. The molecule has 170 valence electrons. The Balaban J connectivity index is 1.41. The highest BCUT2D eigenvalue weighted by Gasteiger charge is 2.22. The molecule has 0 spiro atoms. The van der Waals surface area contributed by atoms with E-state index in [2.05, 4.69) is 27.8 Å². The number of carbonyl (C=O) groups is 2. The number of nitrogens with one attached hydrogen (secondary N) is 2. The SMILES string of the molecule is O=C(N[C@@H](Cc1ccccc1)C(=O)Nc1ccc(SCc2ccccc2)cc1)c1cccnc1. The van der Waals surface area contributed by atoms with E-state index in [1.807, 2.05) is 72.8 Å². The lowest BCUT2D eigenvalue weighted by Gasteiger charge is -2.19. The van der Waals surface area contributed by atoms with Gasteiger partial charge >= 0.3 is 0 Å². The molecule has 1 atom stereocenters. The van der Waals surface area contributed by atoms with Crippen LogP contribution in [0.3, 0.4) is 0 Å². The van der Waals surface area contributed by atoms with Gasteiger partial charge < -0.3 is 10.6 Å². The Labute approximate surface area is 203 Å². The highest BCUT2D eigenvalue weighted by Crippen LogP contribution is 2.24. The molecule has 0 saturated carbocycles. The fourth-order valence-electron chi connectivity index (χ4n) is 3.40. The van der Waals surface area contributed by atoms with Crippen molar-refractivity contribution in [1.29, 1.82) is 0 Å². The smallest absolute Gasteiger partial charge is 0.253 e. The molecule has 0 saturated heterocycles. The summed E-state index contributed by atoms with van der Waals surface area (Å²) in [6.45, 7) is 0. The number of anilines is 1. The van der Waals surface area contributed by atoms with Crippen LogP contribution in [-0.4, -0.2) is 22.8 Å². The molecule has 0 aliphatic carbocycles. The Morgan fingerprint density at radius 1 is 0.794 bits per heavy atom. The van der Waals surface area contributed by atoms with Crippen LogP contribution in [0.2, 0.25) is 0 Å². The summed E-state index contributed by atoms with van der Waals surface area (Å²) >= 11 is 1.74. The molecule has 0 bridgehead atoms. The number of hydrogen-bond acceptors (Lipinski definition) is 4. The van der Waals surface area contributed by atoms with Gasteiger partial charge in [-0.3, -0.25) is 14.6 Å². The molecule has 4 rings (SSSR count). The zero-order valence-electron chi connectivity index (χ0n) is 18.6. The van der Waals surface area contributed by atoms with E-state index in [-0.39, 0.29) is 11.8 Å². The van der Waals surface area contributed by atoms with E-state index in [4.69, 9.17) is 0 Å². The predicted octanol–water partition coefficient (Wildman–Crippen LogP) is 5.35. The van der Waals surface area contributed by atoms with Crippen molar-refractivity contribution in [2.75, 3.05) is 5.32 Å². The Kier molecular flexibility index (Phi) is 8.08. The van der Waals surface area contributed by atoms with Crippen molar-refractivity contribution in [2.45, 2.75) is 23.1 Å². The van der Waals surface area contributed by atoms with Gasteiger partial charge in [-0.05, 0) is 47.5 Å². The molecule has 0 unspecified atom stereocenters. The van der Waals surface area contributed by atoms with Gasteiger partial charge in [0, 0.05) is 35.2 Å². The van der Waals surface area contributed by atoms with E-state index in [1.165, 1.54) is 11.8 Å². The van der Waals surface area contributed by atoms with Gasteiger partial charge in [0.15, 0.2) is 0 Å². The van der Waals surface area contributed by atoms with Gasteiger partial charge in [-0.2, -0.15) is 0 Å². The maximum Gasteiger partial charge on any atom is 0.253 e. The highest BCUT2D eigenvalue weighted by atomic mass is 32.2. The van der Waals surface area contributed by atoms with Gasteiger partial charge in [0.2, 0.25) is 5.91 Å². The number of carbonyl (C=O) groups excluding carboxylic acids is 2. The van der Waals surface area contributed by atoms with E-state index in [0.717, 1.165) is 16.2 Å². The topological polar surface area (TPSA) is 71.1 Å². The number of pyridine rings is 1. The molecule has 0 radical (unpaired) electrons. The lowest BCUT2D eigenvalue weighted by molar-refractivity contribution is -0.118. The number of hydrogen-bond donors (Lipinski definition) is 2. The fraction of sp³-hybridized carbons (Fsp3) is 0.107. The lowest BCUT2D eigenvalue weighted by atomic mass is 10.0. The molecule has 1 aromatic heterocycles. The van der Waals surface area contributed by atoms with Crippen LogP contribution in [0.4, 0.5) is 5.69 Å². The summed E-state index contributed by atoms with van der Waals surface area (Å²) < 4.78 is 0. The molecule has 3 aromatic carbocycles. The minimum atomic E-state index is -0.734. The second-order valence-electron chi connectivity index (χ2n) is 7.75. The summed E-state index contributed by atoms with van der Waals surface area (Å²) in [5.41, 5.74) is 3.32. The Bertz CT molecular complexity index is 1200. The van der Waals surface area contributed by atoms with Gasteiger partial charge in [-0.25, -0.2) is 0 Å². The van der Waals surface area contributed by atoms with Crippen molar-refractivity contribution in [1.82, 2.24) is 10.3 Å². The summed E-state index contributed by atoms with van der Waals surface area (Å²) in [7, 11) is 0.